The second-order valence-electron chi connectivity index (χ2n) is 4.51. The summed E-state index contributed by atoms with van der Waals surface area (Å²) in [6.07, 6.45) is 0. The molecule has 1 N–H and O–H groups in total. The van der Waals surface area contributed by atoms with Crippen LogP contribution in [0.5, 0.6) is 5.75 Å². The van der Waals surface area contributed by atoms with E-state index in [9.17, 15) is 5.11 Å². The molecule has 0 fully saturated rings. The van der Waals surface area contributed by atoms with Gasteiger partial charge in [-0.15, -0.1) is 0 Å². The van der Waals surface area contributed by atoms with E-state index >= 15 is 0 Å². The quantitative estimate of drug-likeness (QED) is 0.810. The average molecular weight is 226 g/mol. The minimum atomic E-state index is -1.01. The highest BCUT2D eigenvalue weighted by molar-refractivity contribution is 5.49. The fourth-order valence-electron chi connectivity index (χ4n) is 2.31. The van der Waals surface area contributed by atoms with Crippen LogP contribution in [0.4, 0.5) is 0 Å². The Morgan fingerprint density at radius 1 is 1.12 bits per heavy atom. The number of aryl methyl sites for hydroxylation is 1. The topological polar surface area (TPSA) is 29.5 Å². The molecule has 3 rings (SSSR count). The van der Waals surface area contributed by atoms with Gasteiger partial charge in [-0.1, -0.05) is 42.0 Å². The van der Waals surface area contributed by atoms with Gasteiger partial charge in [-0.3, -0.25) is 0 Å². The van der Waals surface area contributed by atoms with Gasteiger partial charge in [-0.25, -0.2) is 0 Å². The lowest BCUT2D eigenvalue weighted by atomic mass is 9.87. The molecule has 2 aromatic rings. The van der Waals surface area contributed by atoms with Crippen LogP contribution in [-0.2, 0) is 5.60 Å². The van der Waals surface area contributed by atoms with Crippen molar-refractivity contribution in [2.75, 3.05) is 6.61 Å². The molecular formula is C15H14O2. The third kappa shape index (κ3) is 1.53. The van der Waals surface area contributed by atoms with Gasteiger partial charge in [0.2, 0.25) is 0 Å². The normalized spacial score (nSPS) is 22.0. The maximum atomic E-state index is 10.8. The Hall–Kier alpha value is -1.80. The molecule has 1 aliphatic rings. The molecule has 0 aromatic heterocycles. The Bertz CT molecular complexity index is 548. The third-order valence-electron chi connectivity index (χ3n) is 3.27. The van der Waals surface area contributed by atoms with E-state index in [1.54, 1.807) is 0 Å². The molecule has 2 aromatic carbocycles. The van der Waals surface area contributed by atoms with Crippen LogP contribution in [0, 0.1) is 6.92 Å². The number of aliphatic hydroxyl groups is 1. The van der Waals surface area contributed by atoms with Crippen LogP contribution in [0.3, 0.4) is 0 Å². The van der Waals surface area contributed by atoms with Gasteiger partial charge in [-0.2, -0.15) is 0 Å². The van der Waals surface area contributed by atoms with Crippen molar-refractivity contribution in [3.05, 3.63) is 65.2 Å². The van der Waals surface area contributed by atoms with Gasteiger partial charge in [0.1, 0.15) is 12.4 Å². The highest BCUT2D eigenvalue weighted by atomic mass is 16.5. The van der Waals surface area contributed by atoms with Crippen LogP contribution in [0.1, 0.15) is 16.7 Å². The van der Waals surface area contributed by atoms with Crippen LogP contribution < -0.4 is 4.74 Å². The molecule has 0 radical (unpaired) electrons. The lowest BCUT2D eigenvalue weighted by Gasteiger charge is -2.22. The zero-order chi connectivity index (χ0) is 11.9. The lowest BCUT2D eigenvalue weighted by Crippen LogP contribution is -2.28. The predicted molar refractivity (Wildman–Crippen MR) is 66.1 cm³/mol. The Kier molecular flexibility index (Phi) is 2.20. The van der Waals surface area contributed by atoms with Gasteiger partial charge >= 0.3 is 0 Å². The summed E-state index contributed by atoms with van der Waals surface area (Å²) in [5, 5.41) is 10.8. The molecule has 86 valence electrons. The number of rotatable bonds is 1. The summed E-state index contributed by atoms with van der Waals surface area (Å²) in [5.41, 5.74) is 1.86. The molecule has 1 atom stereocenters. The van der Waals surface area contributed by atoms with Crippen LogP contribution in [0.15, 0.2) is 48.5 Å². The highest BCUT2D eigenvalue weighted by Gasteiger charge is 2.40. The zero-order valence-corrected chi connectivity index (χ0v) is 9.68. The number of hydrogen-bond donors (Lipinski definition) is 1. The maximum absolute atomic E-state index is 10.8. The molecule has 0 aliphatic carbocycles. The first-order valence-electron chi connectivity index (χ1n) is 5.72. The van der Waals surface area contributed by atoms with Crippen molar-refractivity contribution in [3.8, 4) is 5.75 Å². The van der Waals surface area contributed by atoms with E-state index in [1.165, 1.54) is 0 Å². The van der Waals surface area contributed by atoms with E-state index in [-0.39, 0.29) is 6.61 Å². The molecule has 0 saturated carbocycles. The van der Waals surface area contributed by atoms with Crippen molar-refractivity contribution in [1.29, 1.82) is 0 Å². The van der Waals surface area contributed by atoms with Crippen molar-refractivity contribution < 1.29 is 9.84 Å². The monoisotopic (exact) mass is 226 g/mol. The largest absolute Gasteiger partial charge is 0.489 e. The maximum Gasteiger partial charge on any atom is 0.152 e. The first-order valence-corrected chi connectivity index (χ1v) is 5.72. The fourth-order valence-corrected chi connectivity index (χ4v) is 2.31. The van der Waals surface area contributed by atoms with E-state index in [1.807, 2.05) is 55.5 Å². The van der Waals surface area contributed by atoms with Crippen molar-refractivity contribution >= 4 is 0 Å². The van der Waals surface area contributed by atoms with E-state index in [2.05, 4.69) is 0 Å². The van der Waals surface area contributed by atoms with E-state index < -0.39 is 5.60 Å². The summed E-state index contributed by atoms with van der Waals surface area (Å²) in [6.45, 7) is 2.31. The van der Waals surface area contributed by atoms with Gasteiger partial charge in [0.15, 0.2) is 5.60 Å². The number of fused-ring (bicyclic) bond motifs is 1. The summed E-state index contributed by atoms with van der Waals surface area (Å²) in [4.78, 5) is 0. The van der Waals surface area contributed by atoms with E-state index in [0.717, 1.165) is 22.4 Å². The lowest BCUT2D eigenvalue weighted by molar-refractivity contribution is 0.0559. The Labute approximate surface area is 100 Å². The Balaban J connectivity index is 2.16. The zero-order valence-electron chi connectivity index (χ0n) is 9.68. The van der Waals surface area contributed by atoms with Crippen molar-refractivity contribution in [1.82, 2.24) is 0 Å². The molecule has 0 spiro atoms. The molecule has 2 heteroatoms. The van der Waals surface area contributed by atoms with Crippen molar-refractivity contribution in [2.24, 2.45) is 0 Å². The SMILES string of the molecule is Cc1ccc2c(c1)C(O)(c1ccccc1)CO2. The van der Waals surface area contributed by atoms with Crippen LogP contribution in [0.2, 0.25) is 0 Å². The molecule has 2 nitrogen and oxygen atoms in total. The van der Waals surface area contributed by atoms with Crippen LogP contribution in [-0.4, -0.2) is 11.7 Å². The minimum absolute atomic E-state index is 0.288. The van der Waals surface area contributed by atoms with Crippen molar-refractivity contribution in [2.45, 2.75) is 12.5 Å². The third-order valence-corrected chi connectivity index (χ3v) is 3.27. The van der Waals surface area contributed by atoms with Crippen LogP contribution in [0.25, 0.3) is 0 Å². The van der Waals surface area contributed by atoms with E-state index in [4.69, 9.17) is 4.74 Å². The minimum Gasteiger partial charge on any atom is -0.489 e. The smallest absolute Gasteiger partial charge is 0.152 e. The van der Waals surface area contributed by atoms with E-state index in [0.29, 0.717) is 0 Å². The van der Waals surface area contributed by atoms with Crippen molar-refractivity contribution in [3.63, 3.8) is 0 Å². The second kappa shape index (κ2) is 3.60. The standard InChI is InChI=1S/C15H14O2/c1-11-7-8-14-13(9-11)15(16,10-17-14)12-5-3-2-4-6-12/h2-9,16H,10H2,1H3. The molecule has 1 unspecified atom stereocenters. The van der Waals surface area contributed by atoms with Gasteiger partial charge in [0.25, 0.3) is 0 Å². The first-order chi connectivity index (χ1) is 8.20. The van der Waals surface area contributed by atoms with Gasteiger partial charge < -0.3 is 9.84 Å². The average Bonchev–Trinajstić information content (AvgIpc) is 2.70. The summed E-state index contributed by atoms with van der Waals surface area (Å²) < 4.78 is 5.57. The molecule has 1 heterocycles. The van der Waals surface area contributed by atoms with Crippen LogP contribution >= 0.6 is 0 Å². The number of benzene rings is 2. The molecule has 0 saturated heterocycles. The predicted octanol–water partition coefficient (Wildman–Crippen LogP) is 2.62. The summed E-state index contributed by atoms with van der Waals surface area (Å²) >= 11 is 0. The number of ether oxygens (including phenoxy) is 1. The summed E-state index contributed by atoms with van der Waals surface area (Å²) in [7, 11) is 0. The summed E-state index contributed by atoms with van der Waals surface area (Å²) in [6, 6.07) is 15.6. The summed E-state index contributed by atoms with van der Waals surface area (Å²) in [5.74, 6) is 0.780. The first kappa shape index (κ1) is 10.4. The van der Waals surface area contributed by atoms with Gasteiger partial charge in [0.05, 0.1) is 0 Å². The number of hydrogen-bond acceptors (Lipinski definition) is 2. The molecule has 1 aliphatic heterocycles. The molecule has 0 amide bonds. The molecule has 0 bridgehead atoms. The Morgan fingerprint density at radius 2 is 1.88 bits per heavy atom. The van der Waals surface area contributed by atoms with Gasteiger partial charge in [-0.05, 0) is 24.6 Å². The molecule has 17 heavy (non-hydrogen) atoms. The van der Waals surface area contributed by atoms with Gasteiger partial charge in [0, 0.05) is 5.56 Å². The second-order valence-corrected chi connectivity index (χ2v) is 4.51. The fraction of sp³-hybridized carbons (Fsp3) is 0.200. The Morgan fingerprint density at radius 3 is 2.65 bits per heavy atom. The molecular weight excluding hydrogens is 212 g/mol. The highest BCUT2D eigenvalue weighted by Crippen LogP contribution is 2.41.